The molecule has 1 aliphatic heterocycles. The molecule has 0 atom stereocenters. The van der Waals surface area contributed by atoms with Gasteiger partial charge in [0.05, 0.1) is 6.54 Å². The van der Waals surface area contributed by atoms with Crippen molar-refractivity contribution in [2.24, 2.45) is 4.99 Å². The van der Waals surface area contributed by atoms with E-state index in [0.717, 1.165) is 22.5 Å². The van der Waals surface area contributed by atoms with E-state index in [1.54, 1.807) is 0 Å². The first-order chi connectivity index (χ1) is 6.27. The molecule has 0 saturated heterocycles. The molecule has 1 aliphatic rings. The second-order valence-corrected chi connectivity index (χ2v) is 3.91. The number of benzene rings is 1. The van der Waals surface area contributed by atoms with E-state index in [-0.39, 0.29) is 0 Å². The molecule has 0 amide bonds. The standard InChI is InChI=1S/C10H10BrNO/c1-7-2-3-8(11)6-9(7)10-12-4-5-13-10/h2-3,6H,4-5H2,1H3. The lowest BCUT2D eigenvalue weighted by molar-refractivity contribution is 0.348. The van der Waals surface area contributed by atoms with Gasteiger partial charge < -0.3 is 4.74 Å². The van der Waals surface area contributed by atoms with Crippen LogP contribution in [0.4, 0.5) is 0 Å². The number of rotatable bonds is 1. The van der Waals surface area contributed by atoms with Crippen molar-refractivity contribution in [1.82, 2.24) is 0 Å². The van der Waals surface area contributed by atoms with Crippen LogP contribution in [0.25, 0.3) is 0 Å². The van der Waals surface area contributed by atoms with Gasteiger partial charge in [-0.3, -0.25) is 0 Å². The predicted molar refractivity (Wildman–Crippen MR) is 56.2 cm³/mol. The maximum Gasteiger partial charge on any atom is 0.216 e. The van der Waals surface area contributed by atoms with Crippen molar-refractivity contribution < 1.29 is 4.74 Å². The van der Waals surface area contributed by atoms with Gasteiger partial charge in [0.15, 0.2) is 0 Å². The van der Waals surface area contributed by atoms with E-state index >= 15 is 0 Å². The van der Waals surface area contributed by atoms with Crippen LogP contribution in [0.3, 0.4) is 0 Å². The molecule has 0 aliphatic carbocycles. The molecule has 2 rings (SSSR count). The number of hydrogen-bond acceptors (Lipinski definition) is 2. The fourth-order valence-corrected chi connectivity index (χ4v) is 1.68. The normalized spacial score (nSPS) is 15.4. The lowest BCUT2D eigenvalue weighted by Gasteiger charge is -2.05. The summed E-state index contributed by atoms with van der Waals surface area (Å²) in [5.41, 5.74) is 2.29. The summed E-state index contributed by atoms with van der Waals surface area (Å²) >= 11 is 3.43. The molecule has 1 aromatic carbocycles. The third-order valence-corrected chi connectivity index (χ3v) is 2.51. The summed E-state index contributed by atoms with van der Waals surface area (Å²) in [6.45, 7) is 3.55. The van der Waals surface area contributed by atoms with Crippen molar-refractivity contribution in [2.45, 2.75) is 6.92 Å². The molecular formula is C10H10BrNO. The molecule has 0 fully saturated rings. The monoisotopic (exact) mass is 239 g/mol. The van der Waals surface area contributed by atoms with E-state index < -0.39 is 0 Å². The minimum atomic E-state index is 0.710. The minimum Gasteiger partial charge on any atom is -0.476 e. The summed E-state index contributed by atoms with van der Waals surface area (Å²) in [4.78, 5) is 4.28. The van der Waals surface area contributed by atoms with Gasteiger partial charge in [-0.1, -0.05) is 22.0 Å². The summed E-state index contributed by atoms with van der Waals surface area (Å²) in [5, 5.41) is 0. The number of ether oxygens (including phenoxy) is 1. The van der Waals surface area contributed by atoms with E-state index in [1.165, 1.54) is 5.56 Å². The van der Waals surface area contributed by atoms with Crippen LogP contribution in [-0.4, -0.2) is 19.0 Å². The Morgan fingerprint density at radius 3 is 3.00 bits per heavy atom. The molecule has 13 heavy (non-hydrogen) atoms. The Bertz CT molecular complexity index is 360. The third-order valence-electron chi connectivity index (χ3n) is 2.02. The third kappa shape index (κ3) is 1.75. The summed E-state index contributed by atoms with van der Waals surface area (Å²) in [6.07, 6.45) is 0. The van der Waals surface area contributed by atoms with Crippen molar-refractivity contribution in [2.75, 3.05) is 13.2 Å². The lowest BCUT2D eigenvalue weighted by atomic mass is 10.1. The highest BCUT2D eigenvalue weighted by Crippen LogP contribution is 2.18. The summed E-state index contributed by atoms with van der Waals surface area (Å²) in [5.74, 6) is 0.777. The highest BCUT2D eigenvalue weighted by atomic mass is 79.9. The number of hydrogen-bond donors (Lipinski definition) is 0. The zero-order chi connectivity index (χ0) is 9.26. The molecule has 2 nitrogen and oxygen atoms in total. The fraction of sp³-hybridized carbons (Fsp3) is 0.300. The Balaban J connectivity index is 2.43. The SMILES string of the molecule is Cc1ccc(Br)cc1C1=NCCO1. The van der Waals surface area contributed by atoms with Crippen LogP contribution in [0.5, 0.6) is 0 Å². The van der Waals surface area contributed by atoms with Gasteiger partial charge in [0.2, 0.25) is 5.90 Å². The number of halogens is 1. The molecule has 0 radical (unpaired) electrons. The highest BCUT2D eigenvalue weighted by molar-refractivity contribution is 9.10. The van der Waals surface area contributed by atoms with Crippen molar-refractivity contribution in [3.8, 4) is 0 Å². The van der Waals surface area contributed by atoms with Crippen LogP contribution in [0.1, 0.15) is 11.1 Å². The van der Waals surface area contributed by atoms with Crippen LogP contribution in [0, 0.1) is 6.92 Å². The van der Waals surface area contributed by atoms with E-state index in [4.69, 9.17) is 4.74 Å². The molecular weight excluding hydrogens is 230 g/mol. The van der Waals surface area contributed by atoms with Gasteiger partial charge in [0.1, 0.15) is 6.61 Å². The second kappa shape index (κ2) is 3.50. The van der Waals surface area contributed by atoms with Gasteiger partial charge in [0, 0.05) is 10.0 Å². The van der Waals surface area contributed by atoms with Crippen LogP contribution in [-0.2, 0) is 4.74 Å². The maximum atomic E-state index is 5.40. The Hall–Kier alpha value is -0.830. The first kappa shape index (κ1) is 8.75. The average Bonchev–Trinajstić information content (AvgIpc) is 2.61. The van der Waals surface area contributed by atoms with Crippen LogP contribution in [0.2, 0.25) is 0 Å². The van der Waals surface area contributed by atoms with Gasteiger partial charge in [-0.05, 0) is 24.6 Å². The maximum absolute atomic E-state index is 5.40. The molecule has 1 aromatic rings. The van der Waals surface area contributed by atoms with Gasteiger partial charge in [-0.2, -0.15) is 0 Å². The summed E-state index contributed by atoms with van der Waals surface area (Å²) in [6, 6.07) is 6.12. The first-order valence-electron chi connectivity index (χ1n) is 4.21. The molecule has 1 heterocycles. The molecule has 0 N–H and O–H groups in total. The lowest BCUT2D eigenvalue weighted by Crippen LogP contribution is -2.03. The van der Waals surface area contributed by atoms with Gasteiger partial charge in [-0.15, -0.1) is 0 Å². The quantitative estimate of drug-likeness (QED) is 0.739. The van der Waals surface area contributed by atoms with Crippen LogP contribution >= 0.6 is 15.9 Å². The molecule has 3 heteroatoms. The Kier molecular flexibility index (Phi) is 2.36. The van der Waals surface area contributed by atoms with Gasteiger partial charge >= 0.3 is 0 Å². The largest absolute Gasteiger partial charge is 0.476 e. The molecule has 68 valence electrons. The Morgan fingerprint density at radius 2 is 2.31 bits per heavy atom. The van der Waals surface area contributed by atoms with E-state index in [9.17, 15) is 0 Å². The summed E-state index contributed by atoms with van der Waals surface area (Å²) < 4.78 is 6.47. The predicted octanol–water partition coefficient (Wildman–Crippen LogP) is 2.53. The number of aryl methyl sites for hydroxylation is 1. The first-order valence-corrected chi connectivity index (χ1v) is 5.00. The molecule has 0 aromatic heterocycles. The topological polar surface area (TPSA) is 21.6 Å². The molecule has 0 bridgehead atoms. The van der Waals surface area contributed by atoms with Crippen molar-refractivity contribution in [1.29, 1.82) is 0 Å². The zero-order valence-corrected chi connectivity index (χ0v) is 8.97. The highest BCUT2D eigenvalue weighted by Gasteiger charge is 2.12. The van der Waals surface area contributed by atoms with Crippen LogP contribution < -0.4 is 0 Å². The van der Waals surface area contributed by atoms with Gasteiger partial charge in [-0.25, -0.2) is 4.99 Å². The smallest absolute Gasteiger partial charge is 0.216 e. The zero-order valence-electron chi connectivity index (χ0n) is 7.38. The van der Waals surface area contributed by atoms with E-state index in [0.29, 0.717) is 6.61 Å². The Labute approximate surface area is 85.8 Å². The molecule has 0 unspecified atom stereocenters. The van der Waals surface area contributed by atoms with E-state index in [1.807, 2.05) is 12.1 Å². The molecule has 0 spiro atoms. The van der Waals surface area contributed by atoms with Crippen molar-refractivity contribution in [3.05, 3.63) is 33.8 Å². The van der Waals surface area contributed by atoms with Crippen molar-refractivity contribution in [3.63, 3.8) is 0 Å². The minimum absolute atomic E-state index is 0.710. The summed E-state index contributed by atoms with van der Waals surface area (Å²) in [7, 11) is 0. The average molecular weight is 240 g/mol. The van der Waals surface area contributed by atoms with Gasteiger partial charge in [0.25, 0.3) is 0 Å². The fourth-order valence-electron chi connectivity index (χ4n) is 1.32. The number of nitrogens with zero attached hydrogens (tertiary/aromatic N) is 1. The Morgan fingerprint density at radius 1 is 1.46 bits per heavy atom. The molecule has 0 saturated carbocycles. The van der Waals surface area contributed by atoms with E-state index in [2.05, 4.69) is 33.9 Å². The van der Waals surface area contributed by atoms with Crippen LogP contribution in [0.15, 0.2) is 27.7 Å². The second-order valence-electron chi connectivity index (χ2n) is 2.99. The number of aliphatic imine (C=N–C) groups is 1. The van der Waals surface area contributed by atoms with Crippen molar-refractivity contribution >= 4 is 21.8 Å².